The summed E-state index contributed by atoms with van der Waals surface area (Å²) in [7, 11) is 1.56. The molecule has 6 nitrogen and oxygen atoms in total. The molecule has 0 radical (unpaired) electrons. The summed E-state index contributed by atoms with van der Waals surface area (Å²) in [5.74, 6) is 0.0411. The highest BCUT2D eigenvalue weighted by Gasteiger charge is 2.34. The van der Waals surface area contributed by atoms with Crippen LogP contribution in [-0.2, 0) is 9.59 Å². The van der Waals surface area contributed by atoms with E-state index < -0.39 is 11.8 Å². The molecule has 1 N–H and O–H groups in total. The normalized spacial score (nSPS) is 15.5. The summed E-state index contributed by atoms with van der Waals surface area (Å²) >= 11 is 13.2. The van der Waals surface area contributed by atoms with Gasteiger partial charge in [-0.25, -0.2) is 0 Å². The number of rotatable bonds is 5. The monoisotopic (exact) mass is 542 g/mol. The van der Waals surface area contributed by atoms with Gasteiger partial charge in [0.05, 0.1) is 23.0 Å². The fourth-order valence-electron chi connectivity index (χ4n) is 2.78. The van der Waals surface area contributed by atoms with Crippen molar-refractivity contribution in [1.29, 1.82) is 0 Å². The Labute approximate surface area is 191 Å². The van der Waals surface area contributed by atoms with Crippen molar-refractivity contribution >= 4 is 75.1 Å². The number of hydrogen-bond donors (Lipinski definition) is 1. The first-order valence-electron chi connectivity index (χ1n) is 8.53. The Hall–Kier alpha value is -2.17. The molecule has 1 saturated heterocycles. The van der Waals surface area contributed by atoms with Crippen LogP contribution in [0.4, 0.5) is 5.69 Å². The van der Waals surface area contributed by atoms with Crippen LogP contribution in [0.3, 0.4) is 0 Å². The first-order valence-corrected chi connectivity index (χ1v) is 10.4. The fraction of sp³-hybridized carbons (Fsp3) is 0.150. The van der Waals surface area contributed by atoms with Crippen molar-refractivity contribution in [2.24, 2.45) is 0 Å². The SMILES string of the molecule is CCOc1cc(/C=C2/C(=O)NC(=S)N(c3ccc(Cl)cc3)C2=O)cc(I)c1OC. The second-order valence-electron chi connectivity index (χ2n) is 5.90. The Morgan fingerprint density at radius 1 is 1.24 bits per heavy atom. The van der Waals surface area contributed by atoms with Crippen molar-refractivity contribution < 1.29 is 19.1 Å². The molecule has 150 valence electrons. The molecule has 0 aromatic heterocycles. The van der Waals surface area contributed by atoms with Crippen LogP contribution in [0.25, 0.3) is 6.08 Å². The lowest BCUT2D eigenvalue weighted by Gasteiger charge is -2.29. The highest BCUT2D eigenvalue weighted by molar-refractivity contribution is 14.1. The zero-order chi connectivity index (χ0) is 21.1. The molecule has 1 aliphatic rings. The van der Waals surface area contributed by atoms with Gasteiger partial charge in [0, 0.05) is 5.02 Å². The molecule has 0 spiro atoms. The highest BCUT2D eigenvalue weighted by Crippen LogP contribution is 2.35. The van der Waals surface area contributed by atoms with E-state index >= 15 is 0 Å². The van der Waals surface area contributed by atoms with Gasteiger partial charge >= 0.3 is 0 Å². The van der Waals surface area contributed by atoms with E-state index in [0.717, 1.165) is 3.57 Å². The number of carbonyl (C=O) groups is 2. The van der Waals surface area contributed by atoms with Crippen molar-refractivity contribution in [1.82, 2.24) is 5.32 Å². The minimum absolute atomic E-state index is 0.0128. The van der Waals surface area contributed by atoms with Crippen LogP contribution in [0.1, 0.15) is 12.5 Å². The number of amides is 2. The molecule has 1 fully saturated rings. The molecule has 29 heavy (non-hydrogen) atoms. The fourth-order valence-corrected chi connectivity index (χ4v) is 4.03. The molecule has 2 aromatic carbocycles. The third-order valence-corrected chi connectivity index (χ3v) is 5.37. The van der Waals surface area contributed by atoms with Gasteiger partial charge < -0.3 is 9.47 Å². The lowest BCUT2D eigenvalue weighted by molar-refractivity contribution is -0.122. The number of nitrogens with one attached hydrogen (secondary N) is 1. The van der Waals surface area contributed by atoms with Crippen molar-refractivity contribution in [2.45, 2.75) is 6.92 Å². The number of ether oxygens (including phenoxy) is 2. The molecule has 9 heteroatoms. The van der Waals surface area contributed by atoms with Crippen molar-refractivity contribution in [2.75, 3.05) is 18.6 Å². The van der Waals surface area contributed by atoms with E-state index in [1.54, 1.807) is 43.5 Å². The largest absolute Gasteiger partial charge is 0.492 e. The summed E-state index contributed by atoms with van der Waals surface area (Å²) < 4.78 is 11.8. The number of carbonyl (C=O) groups excluding carboxylic acids is 2. The van der Waals surface area contributed by atoms with E-state index in [0.29, 0.717) is 34.4 Å². The second kappa shape index (κ2) is 9.10. The maximum Gasteiger partial charge on any atom is 0.270 e. The van der Waals surface area contributed by atoms with Crippen LogP contribution in [0.5, 0.6) is 11.5 Å². The summed E-state index contributed by atoms with van der Waals surface area (Å²) in [6.45, 7) is 2.31. The molecular weight excluding hydrogens is 527 g/mol. The number of nitrogens with zero attached hydrogens (tertiary/aromatic N) is 1. The van der Waals surface area contributed by atoms with Gasteiger partial charge in [-0.1, -0.05) is 11.6 Å². The van der Waals surface area contributed by atoms with Crippen LogP contribution in [0.2, 0.25) is 5.02 Å². The molecule has 0 unspecified atom stereocenters. The predicted molar refractivity (Wildman–Crippen MR) is 125 cm³/mol. The highest BCUT2D eigenvalue weighted by atomic mass is 127. The van der Waals surface area contributed by atoms with Crippen LogP contribution in [0, 0.1) is 3.57 Å². The van der Waals surface area contributed by atoms with Crippen LogP contribution in [-0.4, -0.2) is 30.6 Å². The third kappa shape index (κ3) is 4.54. The summed E-state index contributed by atoms with van der Waals surface area (Å²) in [6.07, 6.45) is 1.51. The van der Waals surface area contributed by atoms with E-state index in [1.165, 1.54) is 11.0 Å². The quantitative estimate of drug-likeness (QED) is 0.266. The van der Waals surface area contributed by atoms with Gasteiger partial charge in [-0.15, -0.1) is 0 Å². The van der Waals surface area contributed by atoms with Gasteiger partial charge in [0.15, 0.2) is 16.6 Å². The van der Waals surface area contributed by atoms with Gasteiger partial charge in [0.25, 0.3) is 11.8 Å². The Kier molecular flexibility index (Phi) is 6.76. The summed E-state index contributed by atoms with van der Waals surface area (Å²) in [4.78, 5) is 26.8. The molecular formula is C20H16ClIN2O4S. The van der Waals surface area contributed by atoms with Crippen molar-refractivity contribution in [3.8, 4) is 11.5 Å². The van der Waals surface area contributed by atoms with E-state index in [9.17, 15) is 9.59 Å². The Bertz CT molecular complexity index is 1020. The second-order valence-corrected chi connectivity index (χ2v) is 7.89. The number of methoxy groups -OCH3 is 1. The molecule has 0 atom stereocenters. The van der Waals surface area contributed by atoms with Gasteiger partial charge in [-0.2, -0.15) is 0 Å². The summed E-state index contributed by atoms with van der Waals surface area (Å²) in [5.41, 5.74) is 1.09. The molecule has 1 heterocycles. The van der Waals surface area contributed by atoms with E-state index in [2.05, 4.69) is 27.9 Å². The van der Waals surface area contributed by atoms with Gasteiger partial charge in [0.1, 0.15) is 5.57 Å². The maximum absolute atomic E-state index is 13.1. The molecule has 3 rings (SSSR count). The van der Waals surface area contributed by atoms with Crippen molar-refractivity contribution in [3.63, 3.8) is 0 Å². The van der Waals surface area contributed by atoms with Crippen LogP contribution in [0.15, 0.2) is 42.0 Å². The predicted octanol–water partition coefficient (Wildman–Crippen LogP) is 4.18. The standard InChI is InChI=1S/C20H16ClIN2O4S/c1-3-28-16-10-11(9-15(22)17(16)27-2)8-14-18(25)23-20(29)24(19(14)26)13-6-4-12(21)5-7-13/h4-10H,3H2,1-2H3,(H,23,25,29)/b14-8-. The van der Waals surface area contributed by atoms with Gasteiger partial charge in [0.2, 0.25) is 0 Å². The number of thiocarbonyl (C=S) groups is 1. The Balaban J connectivity index is 2.03. The average Bonchev–Trinajstić information content (AvgIpc) is 2.67. The van der Waals surface area contributed by atoms with E-state index in [1.807, 2.05) is 6.92 Å². The maximum atomic E-state index is 13.1. The summed E-state index contributed by atoms with van der Waals surface area (Å²) in [6, 6.07) is 10.1. The van der Waals surface area contributed by atoms with Crippen molar-refractivity contribution in [3.05, 3.63) is 56.1 Å². The number of halogens is 2. The summed E-state index contributed by atoms with van der Waals surface area (Å²) in [5, 5.41) is 3.10. The Morgan fingerprint density at radius 2 is 1.93 bits per heavy atom. The number of hydrogen-bond acceptors (Lipinski definition) is 5. The molecule has 2 aromatic rings. The molecule has 0 bridgehead atoms. The average molecular weight is 543 g/mol. The topological polar surface area (TPSA) is 67.9 Å². The zero-order valence-electron chi connectivity index (χ0n) is 15.5. The van der Waals surface area contributed by atoms with Crippen LogP contribution < -0.4 is 19.7 Å². The Morgan fingerprint density at radius 3 is 2.55 bits per heavy atom. The number of benzene rings is 2. The molecule has 0 aliphatic carbocycles. The third-order valence-electron chi connectivity index (χ3n) is 4.03. The first-order chi connectivity index (χ1) is 13.8. The van der Waals surface area contributed by atoms with E-state index in [-0.39, 0.29) is 10.7 Å². The first kappa shape index (κ1) is 21.5. The van der Waals surface area contributed by atoms with Gasteiger partial charge in [-0.05, 0) is 89.8 Å². The molecule has 1 aliphatic heterocycles. The minimum Gasteiger partial charge on any atom is -0.492 e. The van der Waals surface area contributed by atoms with Gasteiger partial charge in [-0.3, -0.25) is 19.8 Å². The smallest absolute Gasteiger partial charge is 0.270 e. The van der Waals surface area contributed by atoms with E-state index in [4.69, 9.17) is 33.3 Å². The minimum atomic E-state index is -0.561. The number of anilines is 1. The molecule has 0 saturated carbocycles. The van der Waals surface area contributed by atoms with Crippen LogP contribution >= 0.6 is 46.4 Å². The zero-order valence-corrected chi connectivity index (χ0v) is 19.2. The lowest BCUT2D eigenvalue weighted by atomic mass is 10.1. The molecule has 2 amide bonds. The lowest BCUT2D eigenvalue weighted by Crippen LogP contribution is -2.54.